The van der Waals surface area contributed by atoms with Crippen molar-refractivity contribution in [2.24, 2.45) is 0 Å². The molecule has 17 heavy (non-hydrogen) atoms. The monoisotopic (exact) mass is 255 g/mol. The number of nitrogens with zero attached hydrogens (tertiary/aromatic N) is 2. The van der Waals surface area contributed by atoms with Crippen LogP contribution in [0.25, 0.3) is 0 Å². The molecule has 0 bridgehead atoms. The molecule has 0 aliphatic carbocycles. The average molecular weight is 256 g/mol. The Labute approximate surface area is 105 Å². The molecule has 0 atom stereocenters. The van der Waals surface area contributed by atoms with Crippen LogP contribution in [-0.2, 0) is 10.6 Å². The number of alkyl halides is 1. The lowest BCUT2D eigenvalue weighted by Crippen LogP contribution is -2.43. The minimum Gasteiger partial charge on any atom is -0.378 e. The molecule has 1 aliphatic rings. The Hall–Kier alpha value is -1.33. The molecule has 1 aromatic heterocycles. The number of nitrogens with one attached hydrogen (secondary N) is 1. The molecule has 1 fully saturated rings. The largest absolute Gasteiger partial charge is 0.378 e. The second-order valence-electron chi connectivity index (χ2n) is 3.71. The quantitative estimate of drug-likeness (QED) is 0.818. The molecule has 0 aromatic carbocycles. The van der Waals surface area contributed by atoms with Gasteiger partial charge in [0, 0.05) is 25.2 Å². The number of pyridine rings is 1. The third kappa shape index (κ3) is 3.31. The smallest absolute Gasteiger partial charge is 0.323 e. The van der Waals surface area contributed by atoms with Crippen LogP contribution in [0.1, 0.15) is 5.56 Å². The van der Waals surface area contributed by atoms with E-state index >= 15 is 0 Å². The highest BCUT2D eigenvalue weighted by Gasteiger charge is 2.16. The molecule has 2 heterocycles. The van der Waals surface area contributed by atoms with Gasteiger partial charge in [-0.2, -0.15) is 0 Å². The highest BCUT2D eigenvalue weighted by molar-refractivity contribution is 6.17. The molecule has 1 aliphatic heterocycles. The van der Waals surface area contributed by atoms with Gasteiger partial charge < -0.3 is 9.64 Å². The first-order valence-corrected chi connectivity index (χ1v) is 5.97. The van der Waals surface area contributed by atoms with E-state index in [1.165, 1.54) is 0 Å². The maximum atomic E-state index is 11.9. The predicted octanol–water partition coefficient (Wildman–Crippen LogP) is 1.68. The number of ether oxygens (including phenoxy) is 1. The summed E-state index contributed by atoms with van der Waals surface area (Å²) in [6.45, 7) is 2.40. The maximum Gasteiger partial charge on any atom is 0.323 e. The minimum absolute atomic E-state index is 0.146. The number of aromatic nitrogens is 1. The standard InChI is InChI=1S/C11H14ClN3O2/c12-8-9-1-2-13-10(7-9)14-11(16)15-3-5-17-6-4-15/h1-2,7H,3-6,8H2,(H,13,14,16). The van der Waals surface area contributed by atoms with Gasteiger partial charge in [0.1, 0.15) is 5.82 Å². The number of carbonyl (C=O) groups excluding carboxylic acids is 1. The fourth-order valence-electron chi connectivity index (χ4n) is 1.58. The fraction of sp³-hybridized carbons (Fsp3) is 0.455. The summed E-state index contributed by atoms with van der Waals surface area (Å²) < 4.78 is 5.18. The van der Waals surface area contributed by atoms with Gasteiger partial charge >= 0.3 is 6.03 Å². The Balaban J connectivity index is 1.96. The van der Waals surface area contributed by atoms with Gasteiger partial charge in [-0.1, -0.05) is 0 Å². The molecule has 1 aromatic rings. The third-order valence-electron chi connectivity index (χ3n) is 2.51. The number of hydrogen-bond acceptors (Lipinski definition) is 3. The Morgan fingerprint density at radius 2 is 2.29 bits per heavy atom. The van der Waals surface area contributed by atoms with Crippen molar-refractivity contribution < 1.29 is 9.53 Å². The Kier molecular flexibility index (Phi) is 4.17. The van der Waals surface area contributed by atoms with E-state index < -0.39 is 0 Å². The van der Waals surface area contributed by atoms with Crippen LogP contribution in [-0.4, -0.2) is 42.2 Å². The molecular weight excluding hydrogens is 242 g/mol. The van der Waals surface area contributed by atoms with Crippen LogP contribution >= 0.6 is 11.6 Å². The number of carbonyl (C=O) groups is 1. The molecule has 5 nitrogen and oxygen atoms in total. The van der Waals surface area contributed by atoms with Gasteiger partial charge in [-0.3, -0.25) is 5.32 Å². The molecule has 2 amide bonds. The number of hydrogen-bond donors (Lipinski definition) is 1. The van der Waals surface area contributed by atoms with E-state index in [0.29, 0.717) is 38.0 Å². The lowest BCUT2D eigenvalue weighted by Gasteiger charge is -2.26. The van der Waals surface area contributed by atoms with E-state index in [1.807, 2.05) is 6.07 Å². The number of rotatable bonds is 2. The van der Waals surface area contributed by atoms with Crippen LogP contribution in [0.4, 0.5) is 10.6 Å². The lowest BCUT2D eigenvalue weighted by molar-refractivity contribution is 0.0564. The number of morpholine rings is 1. The maximum absolute atomic E-state index is 11.9. The van der Waals surface area contributed by atoms with E-state index in [9.17, 15) is 4.79 Å². The molecule has 2 rings (SSSR count). The van der Waals surface area contributed by atoms with Gasteiger partial charge in [-0.05, 0) is 17.7 Å². The van der Waals surface area contributed by atoms with Gasteiger partial charge in [-0.25, -0.2) is 9.78 Å². The Bertz CT molecular complexity index is 394. The predicted molar refractivity (Wildman–Crippen MR) is 65.2 cm³/mol. The molecule has 0 saturated carbocycles. The van der Waals surface area contributed by atoms with E-state index in [2.05, 4.69) is 10.3 Å². The molecule has 6 heteroatoms. The van der Waals surface area contributed by atoms with Crippen LogP contribution in [0.15, 0.2) is 18.3 Å². The average Bonchev–Trinajstić information content (AvgIpc) is 2.40. The van der Waals surface area contributed by atoms with Gasteiger partial charge in [0.15, 0.2) is 0 Å². The summed E-state index contributed by atoms with van der Waals surface area (Å²) in [5, 5.41) is 2.75. The summed E-state index contributed by atoms with van der Waals surface area (Å²) in [5.74, 6) is 0.933. The summed E-state index contributed by atoms with van der Waals surface area (Å²) in [5.41, 5.74) is 0.930. The summed E-state index contributed by atoms with van der Waals surface area (Å²) in [6, 6.07) is 3.44. The van der Waals surface area contributed by atoms with Crippen molar-refractivity contribution in [3.63, 3.8) is 0 Å². The van der Waals surface area contributed by atoms with Crippen molar-refractivity contribution >= 4 is 23.4 Å². The van der Waals surface area contributed by atoms with Crippen molar-refractivity contribution in [3.8, 4) is 0 Å². The van der Waals surface area contributed by atoms with Crippen molar-refractivity contribution in [1.29, 1.82) is 0 Å². The zero-order valence-electron chi connectivity index (χ0n) is 9.36. The van der Waals surface area contributed by atoms with E-state index in [0.717, 1.165) is 5.56 Å². The highest BCUT2D eigenvalue weighted by atomic mass is 35.5. The first-order chi connectivity index (χ1) is 8.29. The lowest BCUT2D eigenvalue weighted by atomic mass is 10.3. The zero-order valence-corrected chi connectivity index (χ0v) is 10.1. The van der Waals surface area contributed by atoms with Crippen molar-refractivity contribution in [3.05, 3.63) is 23.9 Å². The Morgan fingerprint density at radius 3 is 3.00 bits per heavy atom. The van der Waals surface area contributed by atoms with Gasteiger partial charge in [0.25, 0.3) is 0 Å². The van der Waals surface area contributed by atoms with Crippen LogP contribution in [0.5, 0.6) is 0 Å². The topological polar surface area (TPSA) is 54.5 Å². The van der Waals surface area contributed by atoms with E-state index in [1.54, 1.807) is 17.2 Å². The highest BCUT2D eigenvalue weighted by Crippen LogP contribution is 2.10. The van der Waals surface area contributed by atoms with Crippen molar-refractivity contribution in [2.75, 3.05) is 31.6 Å². The Morgan fingerprint density at radius 1 is 1.53 bits per heavy atom. The molecular formula is C11H14ClN3O2. The molecule has 1 N–H and O–H groups in total. The first kappa shape index (κ1) is 12.1. The normalized spacial score (nSPS) is 15.7. The number of urea groups is 1. The number of halogens is 1. The van der Waals surface area contributed by atoms with Crippen molar-refractivity contribution in [2.45, 2.75) is 5.88 Å². The SMILES string of the molecule is O=C(Nc1cc(CCl)ccn1)N1CCOCC1. The summed E-state index contributed by atoms with van der Waals surface area (Å²) in [4.78, 5) is 17.6. The summed E-state index contributed by atoms with van der Waals surface area (Å²) in [7, 11) is 0. The number of amides is 2. The second-order valence-corrected chi connectivity index (χ2v) is 3.98. The molecule has 0 unspecified atom stereocenters. The van der Waals surface area contributed by atoms with Gasteiger partial charge in [0.05, 0.1) is 13.2 Å². The summed E-state index contributed by atoms with van der Waals surface area (Å²) >= 11 is 5.72. The zero-order chi connectivity index (χ0) is 12.1. The fourth-order valence-corrected chi connectivity index (χ4v) is 1.75. The molecule has 1 saturated heterocycles. The molecule has 0 spiro atoms. The van der Waals surface area contributed by atoms with Crippen LogP contribution in [0.2, 0.25) is 0 Å². The molecule has 0 radical (unpaired) electrons. The van der Waals surface area contributed by atoms with Gasteiger partial charge in [0.2, 0.25) is 0 Å². The van der Waals surface area contributed by atoms with Crippen LogP contribution in [0, 0.1) is 0 Å². The van der Waals surface area contributed by atoms with E-state index in [-0.39, 0.29) is 6.03 Å². The number of anilines is 1. The van der Waals surface area contributed by atoms with Crippen LogP contribution < -0.4 is 5.32 Å². The third-order valence-corrected chi connectivity index (χ3v) is 2.82. The second kappa shape index (κ2) is 5.84. The minimum atomic E-state index is -0.146. The summed E-state index contributed by atoms with van der Waals surface area (Å²) in [6.07, 6.45) is 1.63. The van der Waals surface area contributed by atoms with E-state index in [4.69, 9.17) is 16.3 Å². The molecule has 92 valence electrons. The van der Waals surface area contributed by atoms with Gasteiger partial charge in [-0.15, -0.1) is 11.6 Å². The first-order valence-electron chi connectivity index (χ1n) is 5.44. The van der Waals surface area contributed by atoms with Crippen molar-refractivity contribution in [1.82, 2.24) is 9.88 Å². The van der Waals surface area contributed by atoms with Crippen LogP contribution in [0.3, 0.4) is 0 Å².